The van der Waals surface area contributed by atoms with Gasteiger partial charge in [-0.1, -0.05) is 6.92 Å². The van der Waals surface area contributed by atoms with Crippen LogP contribution in [0.5, 0.6) is 0 Å². The van der Waals surface area contributed by atoms with E-state index in [1.165, 1.54) is 6.26 Å². The van der Waals surface area contributed by atoms with Crippen LogP contribution in [-0.4, -0.2) is 5.91 Å². The Kier molecular flexibility index (Phi) is 3.37. The summed E-state index contributed by atoms with van der Waals surface area (Å²) in [5.41, 5.74) is 8.63. The van der Waals surface area contributed by atoms with Gasteiger partial charge >= 0.3 is 0 Å². The Hall–Kier alpha value is -2.23. The van der Waals surface area contributed by atoms with Gasteiger partial charge in [0.25, 0.3) is 5.91 Å². The number of hydrogen-bond donors (Lipinski definition) is 2. The van der Waals surface area contributed by atoms with Crippen molar-refractivity contribution in [3.05, 3.63) is 47.4 Å². The minimum absolute atomic E-state index is 0.159. The Morgan fingerprint density at radius 2 is 2.17 bits per heavy atom. The predicted molar refractivity (Wildman–Crippen MR) is 71.6 cm³/mol. The highest BCUT2D eigenvalue weighted by Crippen LogP contribution is 2.20. The molecule has 1 aromatic heterocycles. The van der Waals surface area contributed by atoms with Gasteiger partial charge in [-0.2, -0.15) is 0 Å². The van der Waals surface area contributed by atoms with Crippen LogP contribution in [0.2, 0.25) is 0 Å². The zero-order chi connectivity index (χ0) is 13.1. The van der Waals surface area contributed by atoms with Crippen LogP contribution < -0.4 is 11.1 Å². The largest absolute Gasteiger partial charge is 0.469 e. The molecule has 2 rings (SSSR count). The number of nitrogens with two attached hydrogens (primary N) is 1. The van der Waals surface area contributed by atoms with Crippen LogP contribution in [0, 0.1) is 6.92 Å². The van der Waals surface area contributed by atoms with Crippen LogP contribution in [0.3, 0.4) is 0 Å². The van der Waals surface area contributed by atoms with Crippen LogP contribution >= 0.6 is 0 Å². The Labute approximate surface area is 106 Å². The Balaban J connectivity index is 2.21. The molecular weight excluding hydrogens is 228 g/mol. The Morgan fingerprint density at radius 1 is 1.39 bits per heavy atom. The zero-order valence-electron chi connectivity index (χ0n) is 10.5. The van der Waals surface area contributed by atoms with Crippen molar-refractivity contribution >= 4 is 17.3 Å². The van der Waals surface area contributed by atoms with Gasteiger partial charge < -0.3 is 15.5 Å². The highest BCUT2D eigenvalue weighted by molar-refractivity contribution is 6.05. The maximum Gasteiger partial charge on any atom is 0.259 e. The number of benzene rings is 1. The molecule has 0 bridgehead atoms. The van der Waals surface area contributed by atoms with Crippen molar-refractivity contribution in [2.75, 3.05) is 11.1 Å². The molecule has 0 radical (unpaired) electrons. The lowest BCUT2D eigenvalue weighted by Crippen LogP contribution is -2.13. The van der Waals surface area contributed by atoms with E-state index in [-0.39, 0.29) is 5.91 Å². The first-order valence-electron chi connectivity index (χ1n) is 5.85. The van der Waals surface area contributed by atoms with Gasteiger partial charge in [0, 0.05) is 17.8 Å². The van der Waals surface area contributed by atoms with Crippen molar-refractivity contribution in [3.8, 4) is 0 Å². The van der Waals surface area contributed by atoms with Gasteiger partial charge in [-0.05, 0) is 36.8 Å². The molecule has 0 spiro atoms. The highest BCUT2D eigenvalue weighted by Gasteiger charge is 2.14. The number of nitrogens with one attached hydrogen (secondary N) is 1. The van der Waals surface area contributed by atoms with Crippen LogP contribution in [0.4, 0.5) is 11.4 Å². The molecule has 0 saturated carbocycles. The van der Waals surface area contributed by atoms with Crippen LogP contribution in [0.15, 0.2) is 34.9 Å². The Morgan fingerprint density at radius 3 is 2.83 bits per heavy atom. The summed E-state index contributed by atoms with van der Waals surface area (Å²) in [5.74, 6) is 0.536. The number of hydrogen-bond acceptors (Lipinski definition) is 3. The number of carbonyl (C=O) groups excluding carboxylic acids is 1. The average molecular weight is 244 g/mol. The fourth-order valence-electron chi connectivity index (χ4n) is 1.83. The van der Waals surface area contributed by atoms with E-state index in [4.69, 9.17) is 10.2 Å². The van der Waals surface area contributed by atoms with E-state index in [1.807, 2.05) is 19.9 Å². The lowest BCUT2D eigenvalue weighted by Gasteiger charge is -2.08. The predicted octanol–water partition coefficient (Wildman–Crippen LogP) is 2.98. The summed E-state index contributed by atoms with van der Waals surface area (Å²) in [4.78, 5) is 12.1. The number of furan rings is 1. The number of aryl methyl sites for hydroxylation is 2. The normalized spacial score (nSPS) is 10.3. The number of amides is 1. The fraction of sp³-hybridized carbons (Fsp3) is 0.214. The van der Waals surface area contributed by atoms with Gasteiger partial charge in [0.05, 0.1) is 11.8 Å². The third kappa shape index (κ3) is 2.37. The number of nitrogen functional groups attached to an aromatic ring is 1. The van der Waals surface area contributed by atoms with E-state index in [2.05, 4.69) is 5.32 Å². The first-order valence-corrected chi connectivity index (χ1v) is 5.85. The molecule has 2 aromatic rings. The molecule has 1 aromatic carbocycles. The second kappa shape index (κ2) is 4.96. The standard InChI is InChI=1S/C14H16N2O2/c1-3-13-11(6-7-18-13)14(17)16-12-5-4-10(15)8-9(12)2/h4-8H,3,15H2,1-2H3,(H,16,17). The molecule has 18 heavy (non-hydrogen) atoms. The molecule has 3 N–H and O–H groups in total. The van der Waals surface area contributed by atoms with Crippen molar-refractivity contribution < 1.29 is 9.21 Å². The molecule has 0 aliphatic heterocycles. The van der Waals surface area contributed by atoms with E-state index in [1.54, 1.807) is 18.2 Å². The Bertz CT molecular complexity index is 573. The van der Waals surface area contributed by atoms with Crippen LogP contribution in [-0.2, 0) is 6.42 Å². The average Bonchev–Trinajstić information content (AvgIpc) is 2.81. The first-order chi connectivity index (χ1) is 8.61. The second-order valence-corrected chi connectivity index (χ2v) is 4.14. The van der Waals surface area contributed by atoms with E-state index < -0.39 is 0 Å². The van der Waals surface area contributed by atoms with E-state index in [0.29, 0.717) is 23.4 Å². The maximum absolute atomic E-state index is 12.1. The molecule has 0 fully saturated rings. The molecular formula is C14H16N2O2. The third-order valence-electron chi connectivity index (χ3n) is 2.81. The lowest BCUT2D eigenvalue weighted by molar-refractivity contribution is 0.102. The molecule has 0 atom stereocenters. The topological polar surface area (TPSA) is 68.3 Å². The van der Waals surface area contributed by atoms with Gasteiger partial charge in [-0.15, -0.1) is 0 Å². The summed E-state index contributed by atoms with van der Waals surface area (Å²) in [6, 6.07) is 7.07. The molecule has 0 aliphatic carbocycles. The van der Waals surface area contributed by atoms with E-state index >= 15 is 0 Å². The van der Waals surface area contributed by atoms with Gasteiger partial charge in [-0.3, -0.25) is 4.79 Å². The fourth-order valence-corrected chi connectivity index (χ4v) is 1.83. The van der Waals surface area contributed by atoms with Crippen molar-refractivity contribution in [2.45, 2.75) is 20.3 Å². The quantitative estimate of drug-likeness (QED) is 0.815. The van der Waals surface area contributed by atoms with E-state index in [9.17, 15) is 4.79 Å². The van der Waals surface area contributed by atoms with Gasteiger partial charge in [0.15, 0.2) is 0 Å². The molecule has 4 heteroatoms. The monoisotopic (exact) mass is 244 g/mol. The molecule has 0 unspecified atom stereocenters. The van der Waals surface area contributed by atoms with Gasteiger partial charge in [0.2, 0.25) is 0 Å². The van der Waals surface area contributed by atoms with Crippen molar-refractivity contribution in [1.29, 1.82) is 0 Å². The number of anilines is 2. The molecule has 0 saturated heterocycles. The van der Waals surface area contributed by atoms with Crippen LogP contribution in [0.1, 0.15) is 28.6 Å². The second-order valence-electron chi connectivity index (χ2n) is 4.14. The molecule has 0 aliphatic rings. The zero-order valence-corrected chi connectivity index (χ0v) is 10.5. The minimum atomic E-state index is -0.159. The summed E-state index contributed by atoms with van der Waals surface area (Å²) in [5, 5.41) is 2.86. The van der Waals surface area contributed by atoms with Crippen molar-refractivity contribution in [3.63, 3.8) is 0 Å². The summed E-state index contributed by atoms with van der Waals surface area (Å²) >= 11 is 0. The number of carbonyl (C=O) groups is 1. The minimum Gasteiger partial charge on any atom is -0.469 e. The van der Waals surface area contributed by atoms with Crippen molar-refractivity contribution in [1.82, 2.24) is 0 Å². The SMILES string of the molecule is CCc1occc1C(=O)Nc1ccc(N)cc1C. The summed E-state index contributed by atoms with van der Waals surface area (Å²) in [7, 11) is 0. The van der Waals surface area contributed by atoms with Crippen molar-refractivity contribution in [2.24, 2.45) is 0 Å². The summed E-state index contributed by atoms with van der Waals surface area (Å²) in [6.07, 6.45) is 2.22. The highest BCUT2D eigenvalue weighted by atomic mass is 16.3. The first kappa shape index (κ1) is 12.2. The molecule has 1 heterocycles. The smallest absolute Gasteiger partial charge is 0.259 e. The molecule has 1 amide bonds. The van der Waals surface area contributed by atoms with Crippen LogP contribution in [0.25, 0.3) is 0 Å². The lowest BCUT2D eigenvalue weighted by atomic mass is 10.1. The summed E-state index contributed by atoms with van der Waals surface area (Å²) in [6.45, 7) is 3.85. The third-order valence-corrected chi connectivity index (χ3v) is 2.81. The molecule has 94 valence electrons. The summed E-state index contributed by atoms with van der Waals surface area (Å²) < 4.78 is 5.24. The number of rotatable bonds is 3. The molecule has 4 nitrogen and oxygen atoms in total. The van der Waals surface area contributed by atoms with Gasteiger partial charge in [0.1, 0.15) is 5.76 Å². The maximum atomic E-state index is 12.1. The van der Waals surface area contributed by atoms with Gasteiger partial charge in [-0.25, -0.2) is 0 Å². The van der Waals surface area contributed by atoms with E-state index in [0.717, 1.165) is 11.3 Å².